The van der Waals surface area contributed by atoms with Crippen molar-refractivity contribution in [3.05, 3.63) is 29.0 Å². The lowest BCUT2D eigenvalue weighted by molar-refractivity contribution is 0.0542. The largest absolute Gasteiger partial charge is 0.376 e. The lowest BCUT2D eigenvalue weighted by Crippen LogP contribution is -2.37. The number of nitrogens with zero attached hydrogens (tertiary/aromatic N) is 4. The van der Waals surface area contributed by atoms with Gasteiger partial charge in [-0.05, 0) is 32.8 Å². The predicted octanol–water partition coefficient (Wildman–Crippen LogP) is 2.55. The van der Waals surface area contributed by atoms with Crippen LogP contribution in [0.1, 0.15) is 35.1 Å². The quantitative estimate of drug-likeness (QED) is 0.842. The zero-order chi connectivity index (χ0) is 16.2. The molecule has 0 aliphatic carbocycles. The summed E-state index contributed by atoms with van der Waals surface area (Å²) in [5.41, 5.74) is 0.730. The van der Waals surface area contributed by atoms with Gasteiger partial charge in [-0.25, -0.2) is 15.0 Å². The number of amides is 1. The van der Waals surface area contributed by atoms with Crippen molar-refractivity contribution in [1.82, 2.24) is 19.9 Å². The number of aryl methyl sites for hydroxylation is 1. The Kier molecular flexibility index (Phi) is 4.97. The van der Waals surface area contributed by atoms with Crippen LogP contribution in [-0.4, -0.2) is 51.6 Å². The van der Waals surface area contributed by atoms with E-state index in [0.29, 0.717) is 28.8 Å². The predicted molar refractivity (Wildman–Crippen MR) is 88.4 cm³/mol. The van der Waals surface area contributed by atoms with Gasteiger partial charge >= 0.3 is 0 Å². The van der Waals surface area contributed by atoms with E-state index in [1.165, 1.54) is 11.3 Å². The average molecular weight is 332 g/mol. The molecule has 2 aromatic rings. The molecule has 6 nitrogen and oxygen atoms in total. The maximum absolute atomic E-state index is 12.8. The Hall–Kier alpha value is -1.86. The maximum Gasteiger partial charge on any atom is 0.265 e. The maximum atomic E-state index is 12.8. The summed E-state index contributed by atoms with van der Waals surface area (Å²) in [5.74, 6) is 0.571. The summed E-state index contributed by atoms with van der Waals surface area (Å²) in [4.78, 5) is 28.2. The Balaban J connectivity index is 1.79. The lowest BCUT2D eigenvalue weighted by atomic mass is 10.2. The molecule has 0 N–H and O–H groups in total. The summed E-state index contributed by atoms with van der Waals surface area (Å²) in [5, 5.41) is 0.680. The fourth-order valence-electron chi connectivity index (χ4n) is 2.63. The Morgan fingerprint density at radius 2 is 2.22 bits per heavy atom. The van der Waals surface area contributed by atoms with E-state index in [2.05, 4.69) is 15.0 Å². The van der Waals surface area contributed by atoms with Crippen molar-refractivity contribution >= 4 is 17.2 Å². The number of carbonyl (C=O) groups is 1. The van der Waals surface area contributed by atoms with E-state index in [0.717, 1.165) is 25.1 Å². The second kappa shape index (κ2) is 7.14. The number of hydrogen-bond acceptors (Lipinski definition) is 6. The summed E-state index contributed by atoms with van der Waals surface area (Å²) in [6.07, 6.45) is 5.61. The molecule has 1 aliphatic heterocycles. The van der Waals surface area contributed by atoms with Crippen LogP contribution < -0.4 is 0 Å². The Bertz CT molecular complexity index is 668. The van der Waals surface area contributed by atoms with Crippen LogP contribution in [-0.2, 0) is 4.74 Å². The first-order valence-electron chi connectivity index (χ1n) is 7.84. The van der Waals surface area contributed by atoms with Gasteiger partial charge in [0.15, 0.2) is 10.8 Å². The van der Waals surface area contributed by atoms with Crippen molar-refractivity contribution in [1.29, 1.82) is 0 Å². The molecule has 122 valence electrons. The van der Waals surface area contributed by atoms with Gasteiger partial charge < -0.3 is 9.64 Å². The van der Waals surface area contributed by atoms with Gasteiger partial charge in [-0.3, -0.25) is 4.79 Å². The molecule has 3 rings (SSSR count). The van der Waals surface area contributed by atoms with Crippen LogP contribution in [0.3, 0.4) is 0 Å². The van der Waals surface area contributed by atoms with E-state index >= 15 is 0 Å². The third kappa shape index (κ3) is 3.56. The van der Waals surface area contributed by atoms with Gasteiger partial charge in [0.1, 0.15) is 4.88 Å². The number of likely N-dealkylation sites (N-methyl/N-ethyl adjacent to an activating group) is 1. The van der Waals surface area contributed by atoms with Gasteiger partial charge in [0.2, 0.25) is 0 Å². The highest BCUT2D eigenvalue weighted by Crippen LogP contribution is 2.26. The Labute approximate surface area is 139 Å². The lowest BCUT2D eigenvalue weighted by Gasteiger charge is -2.23. The molecule has 0 radical (unpaired) electrons. The number of thiazole rings is 1. The molecule has 1 atom stereocenters. The molecule has 1 fully saturated rings. The number of rotatable bonds is 5. The van der Waals surface area contributed by atoms with E-state index < -0.39 is 0 Å². The third-order valence-electron chi connectivity index (χ3n) is 3.86. The first kappa shape index (κ1) is 16.0. The Morgan fingerprint density at radius 1 is 1.43 bits per heavy atom. The monoisotopic (exact) mass is 332 g/mol. The molecule has 0 unspecified atom stereocenters. The van der Waals surface area contributed by atoms with Crippen molar-refractivity contribution in [2.24, 2.45) is 0 Å². The molecule has 1 aliphatic rings. The standard InChI is InChI=1S/C16H20N4O2S/c1-3-20(10-12-6-4-9-22-12)16(21)13-11(2)19-15(23-13)14-17-7-5-8-18-14/h5,7-8,12H,3-4,6,9-10H2,1-2H3/t12-/m0/s1. The first-order chi connectivity index (χ1) is 11.2. The zero-order valence-corrected chi connectivity index (χ0v) is 14.2. The molecular weight excluding hydrogens is 312 g/mol. The second-order valence-corrected chi connectivity index (χ2v) is 6.48. The molecule has 1 saturated heterocycles. The van der Waals surface area contributed by atoms with Crippen LogP contribution in [0.4, 0.5) is 0 Å². The molecular formula is C16H20N4O2S. The van der Waals surface area contributed by atoms with Crippen molar-refractivity contribution in [2.75, 3.05) is 19.7 Å². The minimum atomic E-state index is 0.0141. The minimum absolute atomic E-state index is 0.0141. The number of hydrogen-bond donors (Lipinski definition) is 0. The number of aromatic nitrogens is 3. The smallest absolute Gasteiger partial charge is 0.265 e. The summed E-state index contributed by atoms with van der Waals surface area (Å²) in [6, 6.07) is 1.76. The fourth-order valence-corrected chi connectivity index (χ4v) is 3.62. The fraction of sp³-hybridized carbons (Fsp3) is 0.500. The summed E-state index contributed by atoms with van der Waals surface area (Å²) >= 11 is 1.35. The van der Waals surface area contributed by atoms with Crippen molar-refractivity contribution in [2.45, 2.75) is 32.8 Å². The first-order valence-corrected chi connectivity index (χ1v) is 8.66. The second-order valence-electron chi connectivity index (χ2n) is 5.48. The molecule has 3 heterocycles. The third-order valence-corrected chi connectivity index (χ3v) is 5.01. The summed E-state index contributed by atoms with van der Waals surface area (Å²) in [6.45, 7) is 5.95. The van der Waals surface area contributed by atoms with E-state index in [1.807, 2.05) is 18.7 Å². The number of carbonyl (C=O) groups excluding carboxylic acids is 1. The zero-order valence-electron chi connectivity index (χ0n) is 13.4. The van der Waals surface area contributed by atoms with Crippen LogP contribution in [0.25, 0.3) is 10.8 Å². The molecule has 7 heteroatoms. The van der Waals surface area contributed by atoms with Gasteiger partial charge in [-0.15, -0.1) is 11.3 Å². The average Bonchev–Trinajstić information content (AvgIpc) is 3.22. The highest BCUT2D eigenvalue weighted by Gasteiger charge is 2.25. The minimum Gasteiger partial charge on any atom is -0.376 e. The van der Waals surface area contributed by atoms with E-state index in [-0.39, 0.29) is 12.0 Å². The van der Waals surface area contributed by atoms with Gasteiger partial charge in [-0.1, -0.05) is 0 Å². The van der Waals surface area contributed by atoms with Gasteiger partial charge in [0, 0.05) is 32.1 Å². The van der Waals surface area contributed by atoms with Gasteiger partial charge in [-0.2, -0.15) is 0 Å². The van der Waals surface area contributed by atoms with Crippen molar-refractivity contribution in [3.63, 3.8) is 0 Å². The van der Waals surface area contributed by atoms with Crippen LogP contribution in [0, 0.1) is 6.92 Å². The van der Waals surface area contributed by atoms with E-state index in [1.54, 1.807) is 18.5 Å². The van der Waals surface area contributed by atoms with E-state index in [9.17, 15) is 4.79 Å². The molecule has 0 saturated carbocycles. The highest BCUT2D eigenvalue weighted by molar-refractivity contribution is 7.17. The molecule has 23 heavy (non-hydrogen) atoms. The summed E-state index contributed by atoms with van der Waals surface area (Å²) < 4.78 is 5.65. The van der Waals surface area contributed by atoms with E-state index in [4.69, 9.17) is 4.74 Å². The Morgan fingerprint density at radius 3 is 2.87 bits per heavy atom. The highest BCUT2D eigenvalue weighted by atomic mass is 32.1. The molecule has 0 bridgehead atoms. The molecule has 0 aromatic carbocycles. The van der Waals surface area contributed by atoms with Crippen LogP contribution in [0.15, 0.2) is 18.5 Å². The van der Waals surface area contributed by atoms with Crippen molar-refractivity contribution < 1.29 is 9.53 Å². The van der Waals surface area contributed by atoms with Crippen LogP contribution in [0.2, 0.25) is 0 Å². The molecule has 1 amide bonds. The van der Waals surface area contributed by atoms with Crippen LogP contribution >= 0.6 is 11.3 Å². The summed E-state index contributed by atoms with van der Waals surface area (Å²) in [7, 11) is 0. The van der Waals surface area contributed by atoms with Gasteiger partial charge in [0.25, 0.3) is 5.91 Å². The molecule has 2 aromatic heterocycles. The normalized spacial score (nSPS) is 17.4. The van der Waals surface area contributed by atoms with Crippen LogP contribution in [0.5, 0.6) is 0 Å². The van der Waals surface area contributed by atoms with Crippen molar-refractivity contribution in [3.8, 4) is 10.8 Å². The van der Waals surface area contributed by atoms with Gasteiger partial charge in [0.05, 0.1) is 11.8 Å². The molecule has 0 spiro atoms. The number of ether oxygens (including phenoxy) is 1. The topological polar surface area (TPSA) is 68.2 Å². The SMILES string of the molecule is CCN(C[C@@H]1CCCO1)C(=O)c1sc(-c2ncccn2)nc1C.